The molecular formula is C13H12Br2S. The van der Waals surface area contributed by atoms with Gasteiger partial charge >= 0.3 is 0 Å². The zero-order chi connectivity index (χ0) is 11.7. The van der Waals surface area contributed by atoms with Gasteiger partial charge in [0.1, 0.15) is 0 Å². The van der Waals surface area contributed by atoms with Crippen LogP contribution in [0, 0.1) is 13.8 Å². The van der Waals surface area contributed by atoms with Crippen LogP contribution < -0.4 is 0 Å². The highest BCUT2D eigenvalue weighted by atomic mass is 79.9. The fourth-order valence-electron chi connectivity index (χ4n) is 1.75. The first kappa shape index (κ1) is 12.3. The molecule has 0 bridgehead atoms. The maximum Gasteiger partial charge on any atom is 0.0666 e. The summed E-state index contributed by atoms with van der Waals surface area (Å²) in [6.45, 7) is 4.33. The van der Waals surface area contributed by atoms with E-state index in [0.29, 0.717) is 0 Å². The maximum absolute atomic E-state index is 3.79. The van der Waals surface area contributed by atoms with E-state index in [0.717, 1.165) is 4.47 Å². The number of halogens is 2. The van der Waals surface area contributed by atoms with Crippen LogP contribution in [0.2, 0.25) is 0 Å². The lowest BCUT2D eigenvalue weighted by atomic mass is 10.1. The number of alkyl halides is 1. The summed E-state index contributed by atoms with van der Waals surface area (Å²) < 4.78 is 1.15. The summed E-state index contributed by atoms with van der Waals surface area (Å²) in [5.41, 5.74) is 2.65. The lowest BCUT2D eigenvalue weighted by Crippen LogP contribution is -1.93. The first-order valence-electron chi connectivity index (χ1n) is 5.05. The standard InChI is InChI=1S/C13H12Br2S/c1-8-7-11(9(2)16-8)13(15)10-5-3-4-6-12(10)14/h3-7,13H,1-2H3. The summed E-state index contributed by atoms with van der Waals surface area (Å²) in [5.74, 6) is 0. The molecule has 0 amide bonds. The van der Waals surface area contributed by atoms with Crippen LogP contribution in [-0.2, 0) is 0 Å². The summed E-state index contributed by atoms with van der Waals surface area (Å²) in [5, 5.41) is 0. The van der Waals surface area contributed by atoms with Crippen LogP contribution in [0.4, 0.5) is 0 Å². The molecule has 0 N–H and O–H groups in total. The van der Waals surface area contributed by atoms with E-state index in [9.17, 15) is 0 Å². The second-order valence-corrected chi connectivity index (χ2v) is 6.98. The highest BCUT2D eigenvalue weighted by molar-refractivity contribution is 9.11. The minimum Gasteiger partial charge on any atom is -0.146 e. The minimum absolute atomic E-state index is 0.271. The van der Waals surface area contributed by atoms with Gasteiger partial charge in [-0.1, -0.05) is 50.1 Å². The molecule has 0 nitrogen and oxygen atoms in total. The van der Waals surface area contributed by atoms with Crippen molar-refractivity contribution in [2.45, 2.75) is 18.7 Å². The van der Waals surface area contributed by atoms with Gasteiger partial charge in [-0.2, -0.15) is 0 Å². The van der Waals surface area contributed by atoms with Gasteiger partial charge in [-0.15, -0.1) is 11.3 Å². The van der Waals surface area contributed by atoms with Crippen molar-refractivity contribution in [2.75, 3.05) is 0 Å². The van der Waals surface area contributed by atoms with Crippen LogP contribution in [-0.4, -0.2) is 0 Å². The van der Waals surface area contributed by atoms with Gasteiger partial charge in [-0.05, 0) is 37.1 Å². The van der Waals surface area contributed by atoms with E-state index < -0.39 is 0 Å². The van der Waals surface area contributed by atoms with Crippen molar-refractivity contribution in [2.24, 2.45) is 0 Å². The van der Waals surface area contributed by atoms with Gasteiger partial charge < -0.3 is 0 Å². The van der Waals surface area contributed by atoms with Crippen LogP contribution >= 0.6 is 43.2 Å². The predicted molar refractivity (Wildman–Crippen MR) is 78.7 cm³/mol. The molecule has 2 rings (SSSR count). The molecule has 0 radical (unpaired) electrons. The Kier molecular flexibility index (Phi) is 3.88. The molecule has 1 aromatic heterocycles. The van der Waals surface area contributed by atoms with E-state index in [1.54, 1.807) is 0 Å². The van der Waals surface area contributed by atoms with Gasteiger partial charge in [-0.3, -0.25) is 0 Å². The molecule has 16 heavy (non-hydrogen) atoms. The third-order valence-corrected chi connectivity index (χ3v) is 5.22. The molecule has 84 valence electrons. The zero-order valence-electron chi connectivity index (χ0n) is 9.13. The van der Waals surface area contributed by atoms with Gasteiger partial charge in [0.25, 0.3) is 0 Å². The van der Waals surface area contributed by atoms with Crippen molar-refractivity contribution in [1.82, 2.24) is 0 Å². The van der Waals surface area contributed by atoms with E-state index in [4.69, 9.17) is 0 Å². The number of hydrogen-bond donors (Lipinski definition) is 0. The third kappa shape index (κ3) is 2.41. The molecular weight excluding hydrogens is 348 g/mol. The Morgan fingerprint density at radius 3 is 2.38 bits per heavy atom. The maximum atomic E-state index is 3.79. The highest BCUT2D eigenvalue weighted by Gasteiger charge is 2.16. The molecule has 0 aliphatic carbocycles. The average Bonchev–Trinajstić information content (AvgIpc) is 2.58. The molecule has 0 aliphatic rings. The lowest BCUT2D eigenvalue weighted by molar-refractivity contribution is 1.16. The second kappa shape index (κ2) is 5.03. The molecule has 0 saturated heterocycles. The summed E-state index contributed by atoms with van der Waals surface area (Å²) in [4.78, 5) is 3.02. The predicted octanol–water partition coefficient (Wildman–Crippen LogP) is 5.61. The van der Waals surface area contributed by atoms with Crippen molar-refractivity contribution >= 4 is 43.2 Å². The van der Waals surface area contributed by atoms with Crippen molar-refractivity contribution < 1.29 is 0 Å². The molecule has 3 heteroatoms. The first-order chi connectivity index (χ1) is 7.59. The van der Waals surface area contributed by atoms with Crippen molar-refractivity contribution in [3.05, 3.63) is 55.7 Å². The Morgan fingerprint density at radius 1 is 1.12 bits per heavy atom. The molecule has 2 aromatic rings. The van der Waals surface area contributed by atoms with E-state index in [1.165, 1.54) is 20.9 Å². The zero-order valence-corrected chi connectivity index (χ0v) is 13.1. The fourth-order valence-corrected chi connectivity index (χ4v) is 4.56. The fraction of sp³-hybridized carbons (Fsp3) is 0.231. The summed E-state index contributed by atoms with van der Waals surface area (Å²) in [7, 11) is 0. The van der Waals surface area contributed by atoms with Gasteiger partial charge in [0.2, 0.25) is 0 Å². The second-order valence-electron chi connectivity index (χ2n) is 3.75. The molecule has 0 spiro atoms. The van der Waals surface area contributed by atoms with Crippen LogP contribution in [0.5, 0.6) is 0 Å². The van der Waals surface area contributed by atoms with Gasteiger partial charge in [-0.25, -0.2) is 0 Å². The number of hydrogen-bond acceptors (Lipinski definition) is 1. The highest BCUT2D eigenvalue weighted by Crippen LogP contribution is 2.39. The van der Waals surface area contributed by atoms with Crippen LogP contribution in [0.1, 0.15) is 25.7 Å². The van der Waals surface area contributed by atoms with Gasteiger partial charge in [0.15, 0.2) is 0 Å². The SMILES string of the molecule is Cc1cc(C(Br)c2ccccc2Br)c(C)s1. The molecule has 1 unspecified atom stereocenters. The van der Waals surface area contributed by atoms with Crippen LogP contribution in [0.3, 0.4) is 0 Å². The summed E-state index contributed by atoms with van der Waals surface area (Å²) >= 11 is 9.24. The van der Waals surface area contributed by atoms with Gasteiger partial charge in [0, 0.05) is 14.2 Å². The summed E-state index contributed by atoms with van der Waals surface area (Å²) in [6.07, 6.45) is 0. The number of aryl methyl sites for hydroxylation is 2. The molecule has 1 heterocycles. The number of benzene rings is 1. The third-order valence-electron chi connectivity index (χ3n) is 2.53. The number of thiophene rings is 1. The van der Waals surface area contributed by atoms with Crippen LogP contribution in [0.25, 0.3) is 0 Å². The topological polar surface area (TPSA) is 0 Å². The molecule has 0 saturated carbocycles. The largest absolute Gasteiger partial charge is 0.146 e. The van der Waals surface area contributed by atoms with E-state index in [2.05, 4.69) is 70.0 Å². The Morgan fingerprint density at radius 2 is 1.81 bits per heavy atom. The average molecular weight is 360 g/mol. The lowest BCUT2D eigenvalue weighted by Gasteiger charge is -2.11. The molecule has 0 fully saturated rings. The molecule has 0 aliphatic heterocycles. The van der Waals surface area contributed by atoms with E-state index in [-0.39, 0.29) is 4.83 Å². The Balaban J connectivity index is 2.43. The van der Waals surface area contributed by atoms with Gasteiger partial charge in [0.05, 0.1) is 4.83 Å². The number of rotatable bonds is 2. The normalized spacial score (nSPS) is 12.8. The smallest absolute Gasteiger partial charge is 0.0666 e. The minimum atomic E-state index is 0.271. The quantitative estimate of drug-likeness (QED) is 0.611. The molecule has 1 aromatic carbocycles. The molecule has 1 atom stereocenters. The Bertz CT molecular complexity index is 502. The van der Waals surface area contributed by atoms with Crippen molar-refractivity contribution in [3.8, 4) is 0 Å². The monoisotopic (exact) mass is 358 g/mol. The van der Waals surface area contributed by atoms with Crippen molar-refractivity contribution in [3.63, 3.8) is 0 Å². The Hall–Kier alpha value is -0.120. The van der Waals surface area contributed by atoms with E-state index in [1.807, 2.05) is 17.4 Å². The van der Waals surface area contributed by atoms with E-state index >= 15 is 0 Å². The Labute approximate surface area is 117 Å². The van der Waals surface area contributed by atoms with Crippen molar-refractivity contribution in [1.29, 1.82) is 0 Å². The van der Waals surface area contributed by atoms with Crippen LogP contribution in [0.15, 0.2) is 34.8 Å². The first-order valence-corrected chi connectivity index (χ1v) is 7.57. The summed E-state index contributed by atoms with van der Waals surface area (Å²) in [6, 6.07) is 10.6.